The van der Waals surface area contributed by atoms with Crippen LogP contribution in [0, 0.1) is 16.0 Å². The second-order valence-electron chi connectivity index (χ2n) is 9.34. The second kappa shape index (κ2) is 10.4. The summed E-state index contributed by atoms with van der Waals surface area (Å²) in [5, 5.41) is 10.5. The van der Waals surface area contributed by atoms with Gasteiger partial charge in [0, 0.05) is 43.8 Å². The fourth-order valence-electron chi connectivity index (χ4n) is 5.07. The van der Waals surface area contributed by atoms with E-state index in [1.807, 2.05) is 29.3 Å². The fraction of sp³-hybridized carbons (Fsp3) is 0.625. The minimum absolute atomic E-state index is 0.0520. The molecule has 1 amide bonds. The highest BCUT2D eigenvalue weighted by molar-refractivity contribution is 6.08. The van der Waals surface area contributed by atoms with Crippen molar-refractivity contribution < 1.29 is 19.5 Å². The molecule has 0 bridgehead atoms. The van der Waals surface area contributed by atoms with Crippen LogP contribution in [0.3, 0.4) is 0 Å². The Morgan fingerprint density at radius 2 is 1.97 bits per heavy atom. The van der Waals surface area contributed by atoms with E-state index in [-0.39, 0.29) is 19.1 Å². The Hall–Kier alpha value is -2.81. The van der Waals surface area contributed by atoms with E-state index in [1.54, 1.807) is 0 Å². The van der Waals surface area contributed by atoms with Crippen LogP contribution < -0.4 is 4.74 Å². The zero-order valence-electron chi connectivity index (χ0n) is 19.6. The highest BCUT2D eigenvalue weighted by Gasteiger charge is 2.28. The van der Waals surface area contributed by atoms with Gasteiger partial charge in [0.1, 0.15) is 19.0 Å². The van der Waals surface area contributed by atoms with Crippen molar-refractivity contribution in [2.24, 2.45) is 5.92 Å². The number of hydrogen-bond donors (Lipinski definition) is 0. The van der Waals surface area contributed by atoms with Crippen LogP contribution in [0.25, 0.3) is 10.9 Å². The first-order valence-electron chi connectivity index (χ1n) is 12.0. The Balaban J connectivity index is 1.64. The zero-order valence-corrected chi connectivity index (χ0v) is 19.6. The number of para-hydroxylation sites is 1. The molecule has 1 aromatic carbocycles. The molecule has 9 heteroatoms. The molecule has 1 saturated heterocycles. The highest BCUT2D eigenvalue weighted by Crippen LogP contribution is 2.34. The normalized spacial score (nSPS) is 20.2. The molecule has 4 rings (SSSR count). The maximum Gasteiger partial charge on any atom is 0.294 e. The Labute approximate surface area is 194 Å². The maximum absolute atomic E-state index is 13.6. The van der Waals surface area contributed by atoms with E-state index in [0.717, 1.165) is 24.0 Å². The predicted octanol–water partition coefficient (Wildman–Crippen LogP) is 3.58. The van der Waals surface area contributed by atoms with Crippen molar-refractivity contribution in [3.05, 3.63) is 40.1 Å². The third-order valence-electron chi connectivity index (χ3n) is 7.06. The summed E-state index contributed by atoms with van der Waals surface area (Å²) in [7, 11) is 2.09. The number of hydrogen-bond acceptors (Lipinski definition) is 6. The molecular formula is C24H34N4O5. The first kappa shape index (κ1) is 23.4. The molecule has 1 atom stereocenters. The Morgan fingerprint density at radius 3 is 2.70 bits per heavy atom. The van der Waals surface area contributed by atoms with Gasteiger partial charge in [-0.2, -0.15) is 0 Å². The fourth-order valence-corrected chi connectivity index (χ4v) is 5.07. The molecule has 1 saturated carbocycles. The number of fused-ring (bicyclic) bond motifs is 1. The lowest BCUT2D eigenvalue weighted by atomic mass is 9.89. The number of ether oxygens (including phenoxy) is 1. The zero-order chi connectivity index (χ0) is 23.4. The maximum atomic E-state index is 13.6. The molecule has 180 valence electrons. The standard InChI is InChI=1S/C24H34N4O5/c1-18-15-26(12-11-25(18)2)24(29)21-17-27(16-19-7-4-3-5-8-19)23-20(21)9-6-10-22(23)32-13-14-33-28(30)31/h6,9-10,17-19H,3-5,7-8,11-16H2,1-2H3/t18-/m1/s1. The van der Waals surface area contributed by atoms with Crippen molar-refractivity contribution in [2.75, 3.05) is 39.9 Å². The first-order chi connectivity index (χ1) is 15.9. The van der Waals surface area contributed by atoms with E-state index in [0.29, 0.717) is 36.4 Å². The van der Waals surface area contributed by atoms with Crippen LogP contribution >= 0.6 is 0 Å². The molecular weight excluding hydrogens is 424 g/mol. The van der Waals surface area contributed by atoms with Crippen LogP contribution in [0.2, 0.25) is 0 Å². The number of benzene rings is 1. The van der Waals surface area contributed by atoms with Gasteiger partial charge in [-0.15, -0.1) is 10.1 Å². The van der Waals surface area contributed by atoms with Gasteiger partial charge in [0.25, 0.3) is 11.0 Å². The summed E-state index contributed by atoms with van der Waals surface area (Å²) in [5.74, 6) is 1.25. The van der Waals surface area contributed by atoms with Crippen LogP contribution in [-0.2, 0) is 11.4 Å². The average Bonchev–Trinajstić information content (AvgIpc) is 3.17. The Kier molecular flexibility index (Phi) is 7.37. The summed E-state index contributed by atoms with van der Waals surface area (Å²) in [6.07, 6.45) is 8.16. The van der Waals surface area contributed by atoms with E-state index in [1.165, 1.54) is 32.1 Å². The Bertz CT molecular complexity index is 985. The van der Waals surface area contributed by atoms with Gasteiger partial charge in [0.15, 0.2) is 0 Å². The van der Waals surface area contributed by atoms with Crippen molar-refractivity contribution in [3.8, 4) is 5.75 Å². The number of carbonyl (C=O) groups is 1. The topological polar surface area (TPSA) is 90.1 Å². The van der Waals surface area contributed by atoms with E-state index in [9.17, 15) is 14.9 Å². The first-order valence-corrected chi connectivity index (χ1v) is 12.0. The molecule has 2 fully saturated rings. The van der Waals surface area contributed by atoms with Crippen LogP contribution in [0.15, 0.2) is 24.4 Å². The molecule has 9 nitrogen and oxygen atoms in total. The van der Waals surface area contributed by atoms with Crippen LogP contribution in [-0.4, -0.2) is 71.3 Å². The molecule has 1 aliphatic heterocycles. The number of likely N-dealkylation sites (N-methyl/N-ethyl adjacent to an activating group) is 1. The molecule has 1 aromatic heterocycles. The van der Waals surface area contributed by atoms with Gasteiger partial charge in [0.05, 0.1) is 11.1 Å². The van der Waals surface area contributed by atoms with Gasteiger partial charge >= 0.3 is 0 Å². The molecule has 2 aliphatic rings. The minimum Gasteiger partial charge on any atom is -0.489 e. The van der Waals surface area contributed by atoms with Crippen LogP contribution in [0.5, 0.6) is 5.75 Å². The smallest absolute Gasteiger partial charge is 0.294 e. The lowest BCUT2D eigenvalue weighted by Gasteiger charge is -2.37. The Morgan fingerprint density at radius 1 is 1.18 bits per heavy atom. The molecule has 33 heavy (non-hydrogen) atoms. The molecule has 0 spiro atoms. The van der Waals surface area contributed by atoms with Gasteiger partial charge < -0.3 is 23.9 Å². The van der Waals surface area contributed by atoms with E-state index < -0.39 is 5.09 Å². The molecule has 0 unspecified atom stereocenters. The number of amides is 1. The monoisotopic (exact) mass is 458 g/mol. The van der Waals surface area contributed by atoms with Gasteiger partial charge in [-0.3, -0.25) is 4.79 Å². The quantitative estimate of drug-likeness (QED) is 0.341. The predicted molar refractivity (Wildman–Crippen MR) is 125 cm³/mol. The summed E-state index contributed by atoms with van der Waals surface area (Å²) in [4.78, 5) is 32.6. The summed E-state index contributed by atoms with van der Waals surface area (Å²) < 4.78 is 8.06. The van der Waals surface area contributed by atoms with Gasteiger partial charge in [-0.25, -0.2) is 0 Å². The highest BCUT2D eigenvalue weighted by atomic mass is 17.0. The summed E-state index contributed by atoms with van der Waals surface area (Å²) >= 11 is 0. The van der Waals surface area contributed by atoms with Crippen molar-refractivity contribution in [3.63, 3.8) is 0 Å². The number of nitrogens with zero attached hydrogens (tertiary/aromatic N) is 4. The van der Waals surface area contributed by atoms with Crippen molar-refractivity contribution >= 4 is 16.8 Å². The number of piperazine rings is 1. The largest absolute Gasteiger partial charge is 0.489 e. The average molecular weight is 459 g/mol. The minimum atomic E-state index is -0.816. The summed E-state index contributed by atoms with van der Waals surface area (Å²) in [6.45, 7) is 5.19. The van der Waals surface area contributed by atoms with Crippen LogP contribution in [0.4, 0.5) is 0 Å². The van der Waals surface area contributed by atoms with Crippen LogP contribution in [0.1, 0.15) is 49.4 Å². The third kappa shape index (κ3) is 5.40. The summed E-state index contributed by atoms with van der Waals surface area (Å²) in [5.41, 5.74) is 1.58. The van der Waals surface area contributed by atoms with Crippen molar-refractivity contribution in [1.82, 2.24) is 14.4 Å². The van der Waals surface area contributed by atoms with Gasteiger partial charge in [0.2, 0.25) is 0 Å². The SMILES string of the molecule is C[C@@H]1CN(C(=O)c2cn(CC3CCCCC3)c3c(OCCO[N+](=O)[O-])cccc23)CCN1C. The van der Waals surface area contributed by atoms with E-state index in [2.05, 4.69) is 28.3 Å². The second-order valence-corrected chi connectivity index (χ2v) is 9.34. The lowest BCUT2D eigenvalue weighted by molar-refractivity contribution is -0.757. The van der Waals surface area contributed by atoms with Crippen molar-refractivity contribution in [1.29, 1.82) is 0 Å². The number of carbonyl (C=O) groups excluding carboxylic acids is 1. The van der Waals surface area contributed by atoms with Crippen molar-refractivity contribution in [2.45, 2.75) is 51.6 Å². The van der Waals surface area contributed by atoms with E-state index in [4.69, 9.17) is 4.74 Å². The molecule has 0 radical (unpaired) electrons. The molecule has 1 aliphatic carbocycles. The number of rotatable bonds is 8. The van der Waals surface area contributed by atoms with E-state index >= 15 is 0 Å². The third-order valence-corrected chi connectivity index (χ3v) is 7.06. The summed E-state index contributed by atoms with van der Waals surface area (Å²) in [6, 6.07) is 6.02. The molecule has 2 aromatic rings. The van der Waals surface area contributed by atoms with Gasteiger partial charge in [-0.1, -0.05) is 31.4 Å². The lowest BCUT2D eigenvalue weighted by Crippen LogP contribution is -2.52. The number of aromatic nitrogens is 1. The molecule has 0 N–H and O–H groups in total. The van der Waals surface area contributed by atoms with Gasteiger partial charge in [-0.05, 0) is 38.8 Å². The molecule has 2 heterocycles.